The van der Waals surface area contributed by atoms with Crippen molar-refractivity contribution in [3.8, 4) is 11.8 Å². The van der Waals surface area contributed by atoms with E-state index in [1.54, 1.807) is 26.0 Å². The maximum absolute atomic E-state index is 12.0. The number of nitrogens with one attached hydrogen (secondary N) is 2. The summed E-state index contributed by atoms with van der Waals surface area (Å²) in [6, 6.07) is 3.43. The van der Waals surface area contributed by atoms with Crippen LogP contribution in [0.1, 0.15) is 28.4 Å². The van der Waals surface area contributed by atoms with Gasteiger partial charge in [-0.2, -0.15) is 0 Å². The molecule has 21 heavy (non-hydrogen) atoms. The first-order valence-corrected chi connectivity index (χ1v) is 8.90. The molecule has 0 aliphatic carbocycles. The summed E-state index contributed by atoms with van der Waals surface area (Å²) >= 11 is 1.26. The van der Waals surface area contributed by atoms with Crippen LogP contribution in [0.15, 0.2) is 12.1 Å². The number of rotatable bonds is 5. The highest BCUT2D eigenvalue weighted by Gasteiger charge is 2.23. The van der Waals surface area contributed by atoms with Crippen molar-refractivity contribution in [3.63, 3.8) is 0 Å². The van der Waals surface area contributed by atoms with Crippen LogP contribution in [0.2, 0.25) is 0 Å². The van der Waals surface area contributed by atoms with E-state index in [0.717, 1.165) is 11.1 Å². The molecular weight excluding hydrogens is 310 g/mol. The lowest BCUT2D eigenvalue weighted by atomic mass is 10.1. The molecule has 1 rings (SSSR count). The molecule has 0 bridgehead atoms. The molecule has 0 spiro atoms. The van der Waals surface area contributed by atoms with Crippen molar-refractivity contribution in [3.05, 3.63) is 21.9 Å². The molecule has 0 radical (unpaired) electrons. The zero-order valence-corrected chi connectivity index (χ0v) is 13.8. The minimum absolute atomic E-state index is 0.181. The fourth-order valence-corrected chi connectivity index (χ4v) is 3.46. The standard InChI is InChI=1S/C13H19N3O3S2/c1-13(2,16-21(3,18)19)9-15-12(17)11-7-6-10(20-11)5-4-8-14/h6-7,16H,8-9,14H2,1-3H3,(H,15,17). The Hall–Kier alpha value is -1.40. The number of hydrogen-bond donors (Lipinski definition) is 3. The summed E-state index contributed by atoms with van der Waals surface area (Å²) in [6.07, 6.45) is 1.08. The normalized spacial score (nSPS) is 11.6. The van der Waals surface area contributed by atoms with Crippen molar-refractivity contribution in [2.75, 3.05) is 19.3 Å². The van der Waals surface area contributed by atoms with E-state index in [1.165, 1.54) is 11.3 Å². The number of carbonyl (C=O) groups excluding carboxylic acids is 1. The SMILES string of the molecule is CC(C)(CNC(=O)c1ccc(C#CCN)s1)NS(C)(=O)=O. The molecule has 1 aromatic heterocycles. The van der Waals surface area contributed by atoms with E-state index < -0.39 is 15.6 Å². The topological polar surface area (TPSA) is 101 Å². The Bertz CT molecular complexity index is 666. The zero-order valence-electron chi connectivity index (χ0n) is 12.2. The molecule has 1 amide bonds. The third kappa shape index (κ3) is 6.73. The van der Waals surface area contributed by atoms with Gasteiger partial charge in [-0.3, -0.25) is 4.79 Å². The Morgan fingerprint density at radius 2 is 2.10 bits per heavy atom. The molecule has 6 nitrogen and oxygen atoms in total. The lowest BCUT2D eigenvalue weighted by molar-refractivity contribution is 0.0948. The van der Waals surface area contributed by atoms with Gasteiger partial charge in [-0.25, -0.2) is 13.1 Å². The molecule has 0 unspecified atom stereocenters. The Balaban J connectivity index is 2.63. The van der Waals surface area contributed by atoms with Crippen molar-refractivity contribution >= 4 is 27.3 Å². The number of nitrogens with two attached hydrogens (primary N) is 1. The van der Waals surface area contributed by atoms with E-state index in [1.807, 2.05) is 0 Å². The van der Waals surface area contributed by atoms with Crippen LogP contribution in [-0.4, -0.2) is 39.2 Å². The van der Waals surface area contributed by atoms with Crippen molar-refractivity contribution < 1.29 is 13.2 Å². The van der Waals surface area contributed by atoms with E-state index in [9.17, 15) is 13.2 Å². The Kier molecular flexibility index (Phi) is 5.92. The van der Waals surface area contributed by atoms with Crippen LogP contribution >= 0.6 is 11.3 Å². The first kappa shape index (κ1) is 17.7. The summed E-state index contributed by atoms with van der Waals surface area (Å²) in [4.78, 5) is 13.3. The molecule has 0 saturated carbocycles. The zero-order chi connectivity index (χ0) is 16.1. The average Bonchev–Trinajstić information content (AvgIpc) is 2.79. The number of amides is 1. The van der Waals surface area contributed by atoms with E-state index in [4.69, 9.17) is 5.73 Å². The van der Waals surface area contributed by atoms with Crippen molar-refractivity contribution in [1.82, 2.24) is 10.0 Å². The number of hydrogen-bond acceptors (Lipinski definition) is 5. The van der Waals surface area contributed by atoms with Gasteiger partial charge in [0.25, 0.3) is 5.91 Å². The number of sulfonamides is 1. The third-order valence-electron chi connectivity index (χ3n) is 2.30. The Labute approximate surface area is 129 Å². The summed E-state index contributed by atoms with van der Waals surface area (Å²) in [5.41, 5.74) is 4.52. The largest absolute Gasteiger partial charge is 0.349 e. The molecule has 0 atom stereocenters. The highest BCUT2D eigenvalue weighted by atomic mass is 32.2. The van der Waals surface area contributed by atoms with Crippen LogP contribution in [-0.2, 0) is 10.0 Å². The van der Waals surface area contributed by atoms with Crippen LogP contribution in [0.5, 0.6) is 0 Å². The van der Waals surface area contributed by atoms with E-state index >= 15 is 0 Å². The average molecular weight is 329 g/mol. The van der Waals surface area contributed by atoms with Crippen LogP contribution in [0.25, 0.3) is 0 Å². The maximum atomic E-state index is 12.0. The third-order valence-corrected chi connectivity index (χ3v) is 4.22. The molecule has 116 valence electrons. The minimum Gasteiger partial charge on any atom is -0.349 e. The summed E-state index contributed by atoms with van der Waals surface area (Å²) in [5, 5.41) is 2.70. The second-order valence-electron chi connectivity index (χ2n) is 5.11. The van der Waals surface area contributed by atoms with E-state index in [2.05, 4.69) is 21.9 Å². The van der Waals surface area contributed by atoms with Gasteiger partial charge in [-0.15, -0.1) is 11.3 Å². The Morgan fingerprint density at radius 3 is 2.67 bits per heavy atom. The second-order valence-corrected chi connectivity index (χ2v) is 7.94. The fraction of sp³-hybridized carbons (Fsp3) is 0.462. The molecule has 0 fully saturated rings. The Morgan fingerprint density at radius 1 is 1.43 bits per heavy atom. The quantitative estimate of drug-likeness (QED) is 0.668. The van der Waals surface area contributed by atoms with Crippen molar-refractivity contribution in [2.45, 2.75) is 19.4 Å². The van der Waals surface area contributed by atoms with E-state index in [0.29, 0.717) is 4.88 Å². The first-order valence-electron chi connectivity index (χ1n) is 6.19. The number of carbonyl (C=O) groups is 1. The summed E-state index contributed by atoms with van der Waals surface area (Å²) in [5.74, 6) is 5.31. The molecule has 8 heteroatoms. The molecule has 1 aromatic rings. The molecule has 4 N–H and O–H groups in total. The number of thiophene rings is 1. The smallest absolute Gasteiger partial charge is 0.261 e. The van der Waals surface area contributed by atoms with E-state index in [-0.39, 0.29) is 19.0 Å². The van der Waals surface area contributed by atoms with Crippen molar-refractivity contribution in [1.29, 1.82) is 0 Å². The summed E-state index contributed by atoms with van der Waals surface area (Å²) < 4.78 is 24.9. The molecule has 0 aliphatic heterocycles. The highest BCUT2D eigenvalue weighted by molar-refractivity contribution is 7.88. The molecular formula is C13H19N3O3S2. The van der Waals surface area contributed by atoms with Gasteiger partial charge < -0.3 is 11.1 Å². The van der Waals surface area contributed by atoms with Crippen LogP contribution < -0.4 is 15.8 Å². The van der Waals surface area contributed by atoms with Gasteiger partial charge in [0.1, 0.15) is 0 Å². The van der Waals surface area contributed by atoms with Crippen LogP contribution in [0.4, 0.5) is 0 Å². The molecule has 0 saturated heterocycles. The molecule has 1 heterocycles. The van der Waals surface area contributed by atoms with Gasteiger partial charge in [0, 0.05) is 12.1 Å². The van der Waals surface area contributed by atoms with Gasteiger partial charge >= 0.3 is 0 Å². The van der Waals surface area contributed by atoms with Crippen LogP contribution in [0.3, 0.4) is 0 Å². The first-order chi connectivity index (χ1) is 9.63. The monoisotopic (exact) mass is 329 g/mol. The second kappa shape index (κ2) is 7.04. The van der Waals surface area contributed by atoms with Gasteiger partial charge in [0.15, 0.2) is 0 Å². The minimum atomic E-state index is -3.33. The summed E-state index contributed by atoms with van der Waals surface area (Å²) in [7, 11) is -3.33. The van der Waals surface area contributed by atoms with Gasteiger partial charge in [0.05, 0.1) is 22.6 Å². The highest BCUT2D eigenvalue weighted by Crippen LogP contribution is 2.15. The van der Waals surface area contributed by atoms with Crippen LogP contribution in [0, 0.1) is 11.8 Å². The molecule has 0 aliphatic rings. The predicted molar refractivity (Wildman–Crippen MR) is 84.6 cm³/mol. The fourth-order valence-electron chi connectivity index (χ4n) is 1.59. The predicted octanol–water partition coefficient (Wildman–Crippen LogP) is 0.116. The van der Waals surface area contributed by atoms with Gasteiger partial charge in [0.2, 0.25) is 10.0 Å². The lowest BCUT2D eigenvalue weighted by Gasteiger charge is -2.25. The lowest BCUT2D eigenvalue weighted by Crippen LogP contribution is -2.50. The summed E-state index contributed by atoms with van der Waals surface area (Å²) in [6.45, 7) is 3.84. The van der Waals surface area contributed by atoms with Crippen molar-refractivity contribution in [2.24, 2.45) is 5.73 Å². The molecule has 0 aromatic carbocycles. The maximum Gasteiger partial charge on any atom is 0.261 e. The van der Waals surface area contributed by atoms with Gasteiger partial charge in [-0.05, 0) is 26.0 Å². The van der Waals surface area contributed by atoms with Gasteiger partial charge in [-0.1, -0.05) is 11.8 Å².